The molecule has 7 unspecified atom stereocenters. The number of carbonyl (C=O) groups excluding carboxylic acids is 2. The Labute approximate surface area is 356 Å². The van der Waals surface area contributed by atoms with Crippen LogP contribution in [0.4, 0.5) is 0 Å². The smallest absolute Gasteiger partial charge is 0.310 e. The van der Waals surface area contributed by atoms with Crippen molar-refractivity contribution in [3.63, 3.8) is 0 Å². The number of fused-ring (bicyclic) bond motifs is 7. The number of rotatable bonds is 11. The number of aromatic hydroxyl groups is 3. The van der Waals surface area contributed by atoms with Crippen LogP contribution in [0.5, 0.6) is 28.7 Å². The Kier molecular flexibility index (Phi) is 12.0. The van der Waals surface area contributed by atoms with Gasteiger partial charge in [0, 0.05) is 31.3 Å². The van der Waals surface area contributed by atoms with E-state index in [-0.39, 0.29) is 60.4 Å². The molecule has 7 atom stereocenters. The third kappa shape index (κ3) is 8.51. The van der Waals surface area contributed by atoms with Crippen LogP contribution in [0.3, 0.4) is 0 Å². The van der Waals surface area contributed by atoms with Gasteiger partial charge < -0.3 is 39.4 Å². The molecule has 0 amide bonds. The molecule has 0 bridgehead atoms. The standard InChI is InChI=1S/C51H54O10/c1-30(53)60-46-27-40(61-49(57)19-32-11-12-34-21-39(54)14-13-33(34)18-32)26-42-41-28-48(59-3)44(55)23-37(41)20-35(10-7-17-52)50(42)51(16-15-31-8-5-4-6-9-31)29-38-24-45(56)47(58-2)25-36(38)22-43(46)51/h4-6,8-9,11-16,18,21,23-25,28,35,40,42-43,46,50,52,54-56H,7,10,17,19-20,22,26-27,29H2,1-3H3. The number of ether oxygens (including phenoxy) is 4. The van der Waals surface area contributed by atoms with Crippen molar-refractivity contribution >= 4 is 28.8 Å². The minimum Gasteiger partial charge on any atom is -0.508 e. The minimum atomic E-state index is -0.688. The van der Waals surface area contributed by atoms with Crippen LogP contribution in [-0.4, -0.2) is 65.4 Å². The van der Waals surface area contributed by atoms with Crippen molar-refractivity contribution in [3.05, 3.63) is 130 Å². The Bertz CT molecular complexity index is 2440. The predicted octanol–water partition coefficient (Wildman–Crippen LogP) is 8.61. The van der Waals surface area contributed by atoms with Gasteiger partial charge in [0.05, 0.1) is 20.6 Å². The van der Waals surface area contributed by atoms with E-state index in [9.17, 15) is 30.0 Å². The molecule has 5 aromatic rings. The highest BCUT2D eigenvalue weighted by Crippen LogP contribution is 2.62. The fourth-order valence-electron chi connectivity index (χ4n) is 11.0. The van der Waals surface area contributed by atoms with Gasteiger partial charge in [-0.2, -0.15) is 0 Å². The number of aliphatic hydroxyl groups is 1. The molecule has 0 aromatic heterocycles. The summed E-state index contributed by atoms with van der Waals surface area (Å²) < 4.78 is 24.3. The van der Waals surface area contributed by atoms with Gasteiger partial charge in [0.15, 0.2) is 23.0 Å². The Morgan fingerprint density at radius 2 is 1.51 bits per heavy atom. The van der Waals surface area contributed by atoms with Gasteiger partial charge in [0.2, 0.25) is 0 Å². The van der Waals surface area contributed by atoms with Crippen molar-refractivity contribution in [2.45, 2.75) is 76.4 Å². The lowest BCUT2D eigenvalue weighted by Crippen LogP contribution is -2.56. The normalized spacial score (nSPS) is 24.3. The van der Waals surface area contributed by atoms with Crippen LogP contribution < -0.4 is 9.47 Å². The molecule has 0 heterocycles. The van der Waals surface area contributed by atoms with Gasteiger partial charge >= 0.3 is 11.9 Å². The van der Waals surface area contributed by atoms with Gasteiger partial charge in [0.1, 0.15) is 18.0 Å². The maximum Gasteiger partial charge on any atom is 0.310 e. The van der Waals surface area contributed by atoms with E-state index in [1.807, 2.05) is 54.6 Å². The molecule has 10 heteroatoms. The lowest BCUT2D eigenvalue weighted by Gasteiger charge is -2.58. The zero-order chi connectivity index (χ0) is 42.8. The average molecular weight is 827 g/mol. The molecule has 1 saturated carbocycles. The van der Waals surface area contributed by atoms with Crippen molar-refractivity contribution in [2.24, 2.45) is 23.2 Å². The molecule has 318 valence electrons. The minimum absolute atomic E-state index is 0.00757. The quantitative estimate of drug-likeness (QED) is 0.0953. The van der Waals surface area contributed by atoms with Crippen molar-refractivity contribution in [3.8, 4) is 28.7 Å². The molecule has 4 N–H and O–H groups in total. The second-order valence-corrected chi connectivity index (χ2v) is 17.1. The predicted molar refractivity (Wildman–Crippen MR) is 232 cm³/mol. The number of carbonyl (C=O) groups is 2. The number of phenolic OH excluding ortho intramolecular Hbond substituents is 3. The molecule has 8 rings (SSSR count). The Hall–Kier alpha value is -6.00. The molecule has 3 aliphatic carbocycles. The summed E-state index contributed by atoms with van der Waals surface area (Å²) in [4.78, 5) is 27.4. The Morgan fingerprint density at radius 1 is 0.787 bits per heavy atom. The van der Waals surface area contributed by atoms with Crippen molar-refractivity contribution < 1.29 is 49.0 Å². The summed E-state index contributed by atoms with van der Waals surface area (Å²) in [6.07, 6.45) is 6.63. The summed E-state index contributed by atoms with van der Waals surface area (Å²) in [5.74, 6) is -0.611. The first-order valence-corrected chi connectivity index (χ1v) is 21.2. The lowest BCUT2D eigenvalue weighted by molar-refractivity contribution is -0.165. The van der Waals surface area contributed by atoms with Crippen molar-refractivity contribution in [2.75, 3.05) is 20.8 Å². The van der Waals surface area contributed by atoms with Gasteiger partial charge in [0.25, 0.3) is 0 Å². The highest BCUT2D eigenvalue weighted by atomic mass is 16.6. The number of methoxy groups -OCH3 is 2. The van der Waals surface area contributed by atoms with Crippen molar-refractivity contribution in [1.82, 2.24) is 0 Å². The van der Waals surface area contributed by atoms with Crippen LogP contribution in [-0.2, 0) is 44.7 Å². The second-order valence-electron chi connectivity index (χ2n) is 17.1. The SMILES string of the molecule is COc1cc2c(cc1O)CC1(C=Cc3ccccc3)C(C2)C(OC(C)=O)CC(OC(=O)Cc2ccc3cc(O)ccc3c2)CC2c3cc(OC)c(O)cc3CC(CCCO)C21. The van der Waals surface area contributed by atoms with Gasteiger partial charge in [-0.3, -0.25) is 9.59 Å². The maximum atomic E-state index is 14.1. The average Bonchev–Trinajstić information content (AvgIpc) is 3.23. The highest BCUT2D eigenvalue weighted by Gasteiger charge is 2.58. The van der Waals surface area contributed by atoms with Crippen LogP contribution in [0.15, 0.2) is 97.1 Å². The Balaban J connectivity index is 1.31. The molecule has 0 saturated heterocycles. The fourth-order valence-corrected chi connectivity index (χ4v) is 11.0. The Morgan fingerprint density at radius 3 is 2.25 bits per heavy atom. The van der Waals surface area contributed by atoms with E-state index in [4.69, 9.17) is 18.9 Å². The van der Waals surface area contributed by atoms with E-state index in [2.05, 4.69) is 24.3 Å². The molecular weight excluding hydrogens is 773 g/mol. The monoisotopic (exact) mass is 826 g/mol. The summed E-state index contributed by atoms with van der Waals surface area (Å²) in [5, 5.41) is 44.3. The van der Waals surface area contributed by atoms with Crippen LogP contribution in [0, 0.1) is 23.2 Å². The number of aliphatic hydroxyl groups excluding tert-OH is 1. The van der Waals surface area contributed by atoms with Crippen molar-refractivity contribution in [1.29, 1.82) is 0 Å². The molecule has 3 aliphatic rings. The van der Waals surface area contributed by atoms with Gasteiger partial charge in [-0.25, -0.2) is 0 Å². The number of benzene rings is 5. The molecule has 61 heavy (non-hydrogen) atoms. The first kappa shape index (κ1) is 41.7. The number of allylic oxidation sites excluding steroid dienone is 1. The van der Waals surface area contributed by atoms with Crippen LogP contribution in [0.25, 0.3) is 16.8 Å². The highest BCUT2D eigenvalue weighted by molar-refractivity contribution is 5.85. The number of hydrogen-bond acceptors (Lipinski definition) is 10. The van der Waals surface area contributed by atoms with E-state index in [0.717, 1.165) is 44.2 Å². The molecule has 1 fully saturated rings. The van der Waals surface area contributed by atoms with Crippen LogP contribution in [0.2, 0.25) is 0 Å². The summed E-state index contributed by atoms with van der Waals surface area (Å²) in [6.45, 7) is 1.43. The first-order chi connectivity index (χ1) is 29.5. The summed E-state index contributed by atoms with van der Waals surface area (Å²) in [7, 11) is 3.06. The lowest BCUT2D eigenvalue weighted by atomic mass is 9.47. The maximum absolute atomic E-state index is 14.1. The van der Waals surface area contributed by atoms with E-state index < -0.39 is 29.6 Å². The van der Waals surface area contributed by atoms with Gasteiger partial charge in [-0.1, -0.05) is 66.7 Å². The van der Waals surface area contributed by atoms with E-state index in [1.54, 1.807) is 24.3 Å². The van der Waals surface area contributed by atoms with Gasteiger partial charge in [-0.05, 0) is 137 Å². The summed E-state index contributed by atoms with van der Waals surface area (Å²) >= 11 is 0. The zero-order valence-corrected chi connectivity index (χ0v) is 34.9. The molecule has 0 radical (unpaired) electrons. The fraction of sp³-hybridized carbons (Fsp3) is 0.373. The van der Waals surface area contributed by atoms with Crippen LogP contribution >= 0.6 is 0 Å². The topological polar surface area (TPSA) is 152 Å². The first-order valence-electron chi connectivity index (χ1n) is 21.2. The zero-order valence-electron chi connectivity index (χ0n) is 34.9. The molecule has 0 spiro atoms. The summed E-state index contributed by atoms with van der Waals surface area (Å²) in [5.41, 5.74) is 5.01. The molecular formula is C51H54O10. The van der Waals surface area contributed by atoms with E-state index in [1.165, 1.54) is 21.1 Å². The molecule has 10 nitrogen and oxygen atoms in total. The third-order valence-corrected chi connectivity index (χ3v) is 13.4. The van der Waals surface area contributed by atoms with Crippen LogP contribution in [0.1, 0.15) is 71.9 Å². The van der Waals surface area contributed by atoms with E-state index in [0.29, 0.717) is 50.0 Å². The summed E-state index contributed by atoms with van der Waals surface area (Å²) in [6, 6.07) is 28.3. The van der Waals surface area contributed by atoms with Gasteiger partial charge in [-0.15, -0.1) is 0 Å². The van der Waals surface area contributed by atoms with E-state index >= 15 is 0 Å². The second kappa shape index (κ2) is 17.5. The third-order valence-electron chi connectivity index (χ3n) is 13.4. The number of phenols is 3. The molecule has 5 aromatic carbocycles. The largest absolute Gasteiger partial charge is 0.508 e. The number of esters is 2. The molecule has 0 aliphatic heterocycles. The number of hydrogen-bond donors (Lipinski definition) is 4.